The van der Waals surface area contributed by atoms with Gasteiger partial charge in [0.15, 0.2) is 5.76 Å². The third-order valence-electron chi connectivity index (χ3n) is 2.92. The van der Waals surface area contributed by atoms with Crippen molar-refractivity contribution in [1.82, 2.24) is 0 Å². The molecule has 0 saturated carbocycles. The third-order valence-corrected chi connectivity index (χ3v) is 2.92. The minimum atomic E-state index is -0.462. The van der Waals surface area contributed by atoms with E-state index in [4.69, 9.17) is 9.15 Å². The average molecular weight is 299 g/mol. The van der Waals surface area contributed by atoms with Gasteiger partial charge in [-0.2, -0.15) is 0 Å². The minimum Gasteiger partial charge on any atom is -0.459 e. The predicted octanol–water partition coefficient (Wildman–Crippen LogP) is 3.57. The Balaban J connectivity index is 2.14. The molecule has 0 aliphatic heterocycles. The molecule has 0 bridgehead atoms. The van der Waals surface area contributed by atoms with E-state index in [1.807, 2.05) is 6.92 Å². The second kappa shape index (κ2) is 6.76. The van der Waals surface area contributed by atoms with Crippen molar-refractivity contribution in [1.29, 1.82) is 0 Å². The molecule has 22 heavy (non-hydrogen) atoms. The number of carbonyl (C=O) groups is 2. The molecule has 0 saturated heterocycles. The zero-order valence-corrected chi connectivity index (χ0v) is 12.5. The number of ether oxygens (including phenoxy) is 1. The number of carbonyl (C=O) groups excluding carboxylic acids is 2. The summed E-state index contributed by atoms with van der Waals surface area (Å²) in [7, 11) is 0. The summed E-state index contributed by atoms with van der Waals surface area (Å²) in [5, 5.41) is 2.71. The van der Waals surface area contributed by atoms with Crippen LogP contribution in [-0.2, 0) is 4.74 Å². The van der Waals surface area contributed by atoms with Gasteiger partial charge in [-0.15, -0.1) is 0 Å². The van der Waals surface area contributed by atoms with E-state index in [2.05, 4.69) is 11.9 Å². The fourth-order valence-corrected chi connectivity index (χ4v) is 1.75. The van der Waals surface area contributed by atoms with E-state index < -0.39 is 5.97 Å². The molecule has 2 aromatic rings. The molecule has 1 heterocycles. The Hall–Kier alpha value is -2.82. The molecule has 0 aliphatic carbocycles. The fourth-order valence-electron chi connectivity index (χ4n) is 1.75. The Labute approximate surface area is 128 Å². The fraction of sp³-hybridized carbons (Fsp3) is 0.176. The van der Waals surface area contributed by atoms with E-state index in [-0.39, 0.29) is 18.3 Å². The second-order valence-corrected chi connectivity index (χ2v) is 4.99. The zero-order valence-electron chi connectivity index (χ0n) is 12.5. The summed E-state index contributed by atoms with van der Waals surface area (Å²) in [6.07, 6.45) is 1.42. The van der Waals surface area contributed by atoms with Crippen LogP contribution in [0.4, 0.5) is 5.69 Å². The first-order chi connectivity index (χ1) is 10.5. The minimum absolute atomic E-state index is 0.167. The molecule has 1 aromatic carbocycles. The molecule has 1 aromatic heterocycles. The average Bonchev–Trinajstić information content (AvgIpc) is 3.01. The predicted molar refractivity (Wildman–Crippen MR) is 82.9 cm³/mol. The second-order valence-electron chi connectivity index (χ2n) is 4.99. The number of hydrogen-bond donors (Lipinski definition) is 1. The largest absolute Gasteiger partial charge is 0.459 e. The summed E-state index contributed by atoms with van der Waals surface area (Å²) >= 11 is 0. The molecule has 114 valence electrons. The van der Waals surface area contributed by atoms with E-state index in [1.54, 1.807) is 37.3 Å². The first-order valence-electron chi connectivity index (χ1n) is 6.74. The Morgan fingerprint density at radius 1 is 1.32 bits per heavy atom. The van der Waals surface area contributed by atoms with Crippen molar-refractivity contribution in [3.63, 3.8) is 0 Å². The van der Waals surface area contributed by atoms with Crippen LogP contribution in [0.3, 0.4) is 0 Å². The standard InChI is InChI=1S/C17H17NO4/c1-11(2)10-22-17(20)13-7-6-12(3)14(9-13)18-16(19)15-5-4-8-21-15/h4-9H,1,10H2,2-3H3,(H,18,19). The van der Waals surface area contributed by atoms with Gasteiger partial charge in [0.1, 0.15) is 6.61 Å². The highest BCUT2D eigenvalue weighted by Crippen LogP contribution is 2.19. The molecular formula is C17H17NO4. The van der Waals surface area contributed by atoms with Crippen molar-refractivity contribution < 1.29 is 18.7 Å². The van der Waals surface area contributed by atoms with Crippen LogP contribution in [0.25, 0.3) is 0 Å². The first kappa shape index (κ1) is 15.6. The summed E-state index contributed by atoms with van der Waals surface area (Å²) in [4.78, 5) is 23.9. The van der Waals surface area contributed by atoms with Gasteiger partial charge >= 0.3 is 5.97 Å². The van der Waals surface area contributed by atoms with Gasteiger partial charge in [-0.1, -0.05) is 12.6 Å². The number of aryl methyl sites for hydroxylation is 1. The molecule has 5 nitrogen and oxygen atoms in total. The van der Waals surface area contributed by atoms with E-state index in [1.165, 1.54) is 6.26 Å². The third kappa shape index (κ3) is 3.85. The molecular weight excluding hydrogens is 282 g/mol. The van der Waals surface area contributed by atoms with Crippen LogP contribution in [-0.4, -0.2) is 18.5 Å². The summed E-state index contributed by atoms with van der Waals surface area (Å²) in [6, 6.07) is 8.17. The highest BCUT2D eigenvalue weighted by atomic mass is 16.5. The lowest BCUT2D eigenvalue weighted by molar-refractivity contribution is 0.0540. The lowest BCUT2D eigenvalue weighted by atomic mass is 10.1. The number of benzene rings is 1. The van der Waals surface area contributed by atoms with Crippen LogP contribution >= 0.6 is 0 Å². The topological polar surface area (TPSA) is 68.5 Å². The van der Waals surface area contributed by atoms with Crippen LogP contribution in [0.2, 0.25) is 0 Å². The quantitative estimate of drug-likeness (QED) is 0.677. The van der Waals surface area contributed by atoms with Gasteiger partial charge in [-0.3, -0.25) is 4.79 Å². The summed E-state index contributed by atoms with van der Waals surface area (Å²) in [6.45, 7) is 7.45. The highest BCUT2D eigenvalue weighted by Gasteiger charge is 2.13. The number of amides is 1. The molecule has 0 unspecified atom stereocenters. The SMILES string of the molecule is C=C(C)COC(=O)c1ccc(C)c(NC(=O)c2ccco2)c1. The van der Waals surface area contributed by atoms with Crippen molar-refractivity contribution in [3.8, 4) is 0 Å². The summed E-state index contributed by atoms with van der Waals surface area (Å²) in [5.41, 5.74) is 2.48. The van der Waals surface area contributed by atoms with E-state index in [0.717, 1.165) is 11.1 Å². The Morgan fingerprint density at radius 3 is 2.73 bits per heavy atom. The van der Waals surface area contributed by atoms with Gasteiger partial charge in [0, 0.05) is 5.69 Å². The lowest BCUT2D eigenvalue weighted by Gasteiger charge is -2.10. The summed E-state index contributed by atoms with van der Waals surface area (Å²) in [5.74, 6) is -0.633. The van der Waals surface area contributed by atoms with Gasteiger partial charge < -0.3 is 14.5 Å². The van der Waals surface area contributed by atoms with Crippen LogP contribution in [0.15, 0.2) is 53.2 Å². The van der Waals surface area contributed by atoms with Crippen molar-refractivity contribution in [2.75, 3.05) is 11.9 Å². The maximum Gasteiger partial charge on any atom is 0.338 e. The van der Waals surface area contributed by atoms with E-state index in [0.29, 0.717) is 11.3 Å². The van der Waals surface area contributed by atoms with Crippen LogP contribution in [0.1, 0.15) is 33.4 Å². The first-order valence-corrected chi connectivity index (χ1v) is 6.74. The molecule has 2 rings (SSSR count). The molecule has 1 amide bonds. The number of hydrogen-bond acceptors (Lipinski definition) is 4. The van der Waals surface area contributed by atoms with E-state index >= 15 is 0 Å². The number of esters is 1. The number of nitrogens with one attached hydrogen (secondary N) is 1. The Morgan fingerprint density at radius 2 is 2.09 bits per heavy atom. The molecule has 0 fully saturated rings. The van der Waals surface area contributed by atoms with Gasteiger partial charge in [-0.05, 0) is 49.2 Å². The van der Waals surface area contributed by atoms with E-state index in [9.17, 15) is 9.59 Å². The van der Waals surface area contributed by atoms with Crippen molar-refractivity contribution in [3.05, 3.63) is 65.6 Å². The normalized spacial score (nSPS) is 10.1. The molecule has 1 N–H and O–H groups in total. The van der Waals surface area contributed by atoms with Gasteiger partial charge in [0.05, 0.1) is 11.8 Å². The Kier molecular flexibility index (Phi) is 4.78. The highest BCUT2D eigenvalue weighted by molar-refractivity contribution is 6.03. The molecule has 0 atom stereocenters. The van der Waals surface area contributed by atoms with Crippen LogP contribution in [0.5, 0.6) is 0 Å². The van der Waals surface area contributed by atoms with Gasteiger partial charge in [-0.25, -0.2) is 4.79 Å². The van der Waals surface area contributed by atoms with Crippen molar-refractivity contribution in [2.45, 2.75) is 13.8 Å². The number of furan rings is 1. The van der Waals surface area contributed by atoms with Crippen molar-refractivity contribution >= 4 is 17.6 Å². The zero-order chi connectivity index (χ0) is 16.1. The van der Waals surface area contributed by atoms with Gasteiger partial charge in [0.25, 0.3) is 5.91 Å². The monoisotopic (exact) mass is 299 g/mol. The molecule has 0 radical (unpaired) electrons. The van der Waals surface area contributed by atoms with Gasteiger partial charge in [0.2, 0.25) is 0 Å². The lowest BCUT2D eigenvalue weighted by Crippen LogP contribution is -2.13. The van der Waals surface area contributed by atoms with Crippen LogP contribution < -0.4 is 5.32 Å². The summed E-state index contributed by atoms with van der Waals surface area (Å²) < 4.78 is 10.1. The molecule has 5 heteroatoms. The maximum absolute atomic E-state index is 12.0. The number of rotatable bonds is 5. The smallest absolute Gasteiger partial charge is 0.338 e. The van der Waals surface area contributed by atoms with Crippen LogP contribution in [0, 0.1) is 6.92 Å². The Bertz CT molecular complexity index is 701. The maximum atomic E-state index is 12.0. The van der Waals surface area contributed by atoms with Crippen molar-refractivity contribution in [2.24, 2.45) is 0 Å². The molecule has 0 aliphatic rings. The number of anilines is 1. The molecule has 0 spiro atoms.